The van der Waals surface area contributed by atoms with E-state index in [0.717, 1.165) is 29.7 Å². The van der Waals surface area contributed by atoms with Crippen molar-refractivity contribution in [2.45, 2.75) is 32.1 Å². The number of fused-ring (bicyclic) bond motifs is 1. The number of carbonyl (C=O) groups is 3. The molecule has 0 bridgehead atoms. The molecule has 1 aliphatic heterocycles. The highest BCUT2D eigenvalue weighted by Crippen LogP contribution is 2.38. The van der Waals surface area contributed by atoms with Crippen LogP contribution in [0.15, 0.2) is 18.5 Å². The number of aryl methyl sites for hydroxylation is 1. The number of nitrogens with zero attached hydrogens (tertiary/aromatic N) is 3. The largest absolute Gasteiger partial charge is 0.455 e. The minimum Gasteiger partial charge on any atom is -0.455 e. The summed E-state index contributed by atoms with van der Waals surface area (Å²) in [6, 6.07) is 1.76. The standard InChI is InChI=1S/C20H23N5O4S/c21-17(27)16-13-3-1-4-14(13)30-18(16)24-15(26)11-29-19(28)12-5-9-25(10-6-12)20-22-7-2-8-23-20/h2,7-8,12H,1,3-6,9-11H2,(H2,21,27)(H,24,26). The summed E-state index contributed by atoms with van der Waals surface area (Å²) in [4.78, 5) is 48.0. The number of rotatable bonds is 6. The van der Waals surface area contributed by atoms with E-state index in [9.17, 15) is 14.4 Å². The number of hydrogen-bond acceptors (Lipinski definition) is 8. The summed E-state index contributed by atoms with van der Waals surface area (Å²) in [5.74, 6) is -1.01. The van der Waals surface area contributed by atoms with Crippen molar-refractivity contribution >= 4 is 40.1 Å². The normalized spacial score (nSPS) is 16.2. The van der Waals surface area contributed by atoms with Crippen LogP contribution in [0.4, 0.5) is 10.9 Å². The highest BCUT2D eigenvalue weighted by molar-refractivity contribution is 7.17. The molecule has 0 radical (unpaired) electrons. The van der Waals surface area contributed by atoms with Gasteiger partial charge in [0.1, 0.15) is 5.00 Å². The number of thiophene rings is 1. The van der Waals surface area contributed by atoms with E-state index in [-0.39, 0.29) is 18.5 Å². The predicted octanol–water partition coefficient (Wildman–Crippen LogP) is 1.52. The topological polar surface area (TPSA) is 128 Å². The molecule has 0 saturated carbocycles. The summed E-state index contributed by atoms with van der Waals surface area (Å²) in [7, 11) is 0. The van der Waals surface area contributed by atoms with Gasteiger partial charge in [0, 0.05) is 30.4 Å². The number of piperidine rings is 1. The van der Waals surface area contributed by atoms with Crippen LogP contribution in [0.25, 0.3) is 0 Å². The van der Waals surface area contributed by atoms with Crippen LogP contribution in [0.5, 0.6) is 0 Å². The summed E-state index contributed by atoms with van der Waals surface area (Å²) < 4.78 is 5.22. The maximum Gasteiger partial charge on any atom is 0.309 e. The maximum absolute atomic E-state index is 12.4. The zero-order valence-electron chi connectivity index (χ0n) is 16.4. The number of primary amides is 1. The Labute approximate surface area is 177 Å². The predicted molar refractivity (Wildman–Crippen MR) is 111 cm³/mol. The number of hydrogen-bond donors (Lipinski definition) is 2. The second-order valence-corrected chi connectivity index (χ2v) is 8.50. The van der Waals surface area contributed by atoms with Crippen molar-refractivity contribution in [3.63, 3.8) is 0 Å². The zero-order chi connectivity index (χ0) is 21.1. The smallest absolute Gasteiger partial charge is 0.309 e. The van der Waals surface area contributed by atoms with Crippen LogP contribution >= 0.6 is 11.3 Å². The Morgan fingerprint density at radius 2 is 1.93 bits per heavy atom. The second kappa shape index (κ2) is 8.78. The molecule has 2 aliphatic rings. The first kappa shape index (κ1) is 20.3. The van der Waals surface area contributed by atoms with E-state index in [4.69, 9.17) is 10.5 Å². The van der Waals surface area contributed by atoms with Crippen LogP contribution in [0.3, 0.4) is 0 Å². The Morgan fingerprint density at radius 3 is 2.63 bits per heavy atom. The lowest BCUT2D eigenvalue weighted by Crippen LogP contribution is -2.38. The van der Waals surface area contributed by atoms with E-state index < -0.39 is 11.8 Å². The molecule has 158 valence electrons. The summed E-state index contributed by atoms with van der Waals surface area (Å²) in [6.45, 7) is 0.916. The fourth-order valence-corrected chi connectivity index (χ4v) is 5.25. The Kier molecular flexibility index (Phi) is 5.93. The Balaban J connectivity index is 1.27. The third-order valence-corrected chi connectivity index (χ3v) is 6.64. The third kappa shape index (κ3) is 4.28. The molecule has 10 heteroatoms. The zero-order valence-corrected chi connectivity index (χ0v) is 17.2. The van der Waals surface area contributed by atoms with Crippen LogP contribution in [-0.4, -0.2) is 47.4 Å². The Bertz CT molecular complexity index is 954. The van der Waals surface area contributed by atoms with Gasteiger partial charge in [-0.1, -0.05) is 0 Å². The minimum absolute atomic E-state index is 0.260. The molecule has 2 aromatic heterocycles. The van der Waals surface area contributed by atoms with Gasteiger partial charge in [-0.15, -0.1) is 11.3 Å². The molecule has 0 unspecified atom stereocenters. The molecule has 1 aliphatic carbocycles. The Hall–Kier alpha value is -3.01. The molecule has 0 spiro atoms. The molecule has 2 amide bonds. The van der Waals surface area contributed by atoms with E-state index in [2.05, 4.69) is 15.3 Å². The molecule has 4 rings (SSSR count). The van der Waals surface area contributed by atoms with E-state index in [1.807, 2.05) is 4.90 Å². The molecule has 0 aromatic carbocycles. The number of esters is 1. The second-order valence-electron chi connectivity index (χ2n) is 7.39. The molecule has 30 heavy (non-hydrogen) atoms. The average Bonchev–Trinajstić information content (AvgIpc) is 3.33. The summed E-state index contributed by atoms with van der Waals surface area (Å²) in [5, 5.41) is 3.13. The van der Waals surface area contributed by atoms with Crippen molar-refractivity contribution in [3.05, 3.63) is 34.5 Å². The van der Waals surface area contributed by atoms with Crippen LogP contribution in [0.1, 0.15) is 40.1 Å². The molecule has 9 nitrogen and oxygen atoms in total. The van der Waals surface area contributed by atoms with Gasteiger partial charge in [0.25, 0.3) is 11.8 Å². The quantitative estimate of drug-likeness (QED) is 0.667. The van der Waals surface area contributed by atoms with E-state index in [1.165, 1.54) is 11.3 Å². The maximum atomic E-state index is 12.4. The number of nitrogens with one attached hydrogen (secondary N) is 1. The lowest BCUT2D eigenvalue weighted by molar-refractivity contribution is -0.152. The monoisotopic (exact) mass is 429 g/mol. The number of carbonyl (C=O) groups excluding carboxylic acids is 3. The van der Waals surface area contributed by atoms with Gasteiger partial charge in [0.2, 0.25) is 5.95 Å². The molecule has 1 fully saturated rings. The van der Waals surface area contributed by atoms with Gasteiger partial charge in [-0.25, -0.2) is 9.97 Å². The molecule has 1 saturated heterocycles. The summed E-state index contributed by atoms with van der Waals surface area (Å²) in [5.41, 5.74) is 6.83. The van der Waals surface area contributed by atoms with E-state index >= 15 is 0 Å². The van der Waals surface area contributed by atoms with Crippen LogP contribution < -0.4 is 16.0 Å². The van der Waals surface area contributed by atoms with Gasteiger partial charge >= 0.3 is 5.97 Å². The fraction of sp³-hybridized carbons (Fsp3) is 0.450. The fourth-order valence-electron chi connectivity index (χ4n) is 3.94. The van der Waals surface area contributed by atoms with Crippen molar-refractivity contribution in [1.82, 2.24) is 9.97 Å². The van der Waals surface area contributed by atoms with Gasteiger partial charge < -0.3 is 20.7 Å². The van der Waals surface area contributed by atoms with Gasteiger partial charge in [0.05, 0.1) is 11.5 Å². The molecule has 3 heterocycles. The number of nitrogens with two attached hydrogens (primary N) is 1. The van der Waals surface area contributed by atoms with Crippen molar-refractivity contribution < 1.29 is 19.1 Å². The van der Waals surface area contributed by atoms with Crippen LogP contribution in [0, 0.1) is 5.92 Å². The Morgan fingerprint density at radius 1 is 1.20 bits per heavy atom. The lowest BCUT2D eigenvalue weighted by atomic mass is 9.97. The summed E-state index contributed by atoms with van der Waals surface area (Å²) in [6.07, 6.45) is 7.27. The third-order valence-electron chi connectivity index (χ3n) is 5.43. The number of amides is 2. The molecular formula is C20H23N5O4S. The highest BCUT2D eigenvalue weighted by Gasteiger charge is 2.29. The van der Waals surface area contributed by atoms with Crippen molar-refractivity contribution in [2.24, 2.45) is 11.7 Å². The van der Waals surface area contributed by atoms with Gasteiger partial charge in [-0.3, -0.25) is 14.4 Å². The van der Waals surface area contributed by atoms with Crippen molar-refractivity contribution in [1.29, 1.82) is 0 Å². The minimum atomic E-state index is -0.546. The first-order valence-corrected chi connectivity index (χ1v) is 10.8. The SMILES string of the molecule is NC(=O)c1c(NC(=O)COC(=O)C2CCN(c3ncccn3)CC2)sc2c1CCC2. The summed E-state index contributed by atoms with van der Waals surface area (Å²) >= 11 is 1.38. The van der Waals surface area contributed by atoms with E-state index in [1.54, 1.807) is 18.5 Å². The van der Waals surface area contributed by atoms with Crippen LogP contribution in [-0.2, 0) is 27.2 Å². The van der Waals surface area contributed by atoms with Crippen molar-refractivity contribution in [3.8, 4) is 0 Å². The number of anilines is 2. The average molecular weight is 430 g/mol. The molecule has 2 aromatic rings. The van der Waals surface area contributed by atoms with Gasteiger partial charge in [-0.2, -0.15) is 0 Å². The number of ether oxygens (including phenoxy) is 1. The first-order valence-electron chi connectivity index (χ1n) is 9.95. The number of aromatic nitrogens is 2. The molecule has 0 atom stereocenters. The van der Waals surface area contributed by atoms with Crippen molar-refractivity contribution in [2.75, 3.05) is 29.9 Å². The van der Waals surface area contributed by atoms with Gasteiger partial charge in [-0.05, 0) is 43.7 Å². The van der Waals surface area contributed by atoms with E-state index in [0.29, 0.717) is 42.4 Å². The molecule has 3 N–H and O–H groups in total. The van der Waals surface area contributed by atoms with Crippen LogP contribution in [0.2, 0.25) is 0 Å². The highest BCUT2D eigenvalue weighted by atomic mass is 32.1. The van der Waals surface area contributed by atoms with Gasteiger partial charge in [0.15, 0.2) is 6.61 Å². The molecular weight excluding hydrogens is 406 g/mol. The first-order chi connectivity index (χ1) is 14.5. The lowest BCUT2D eigenvalue weighted by Gasteiger charge is -2.30.